The Kier molecular flexibility index (Phi) is 17.3. The zero-order valence-corrected chi connectivity index (χ0v) is 18.4. The number of rotatable bonds is 20. The molecule has 0 aliphatic rings. The lowest BCUT2D eigenvalue weighted by Gasteiger charge is -2.05. The minimum absolute atomic E-state index is 0.0783. The molecule has 0 rings (SSSR count). The van der Waals surface area contributed by atoms with E-state index in [0.29, 0.717) is 12.2 Å². The quantitative estimate of drug-likeness (QED) is 0.190. The molecule has 0 aliphatic heterocycles. The predicted octanol–water partition coefficient (Wildman–Crippen LogP) is 6.27. The summed E-state index contributed by atoms with van der Waals surface area (Å²) in [6.45, 7) is 4.04. The number of hydrogen-bond donors (Lipinski definition) is 1. The summed E-state index contributed by atoms with van der Waals surface area (Å²) in [5, 5.41) is 0. The van der Waals surface area contributed by atoms with Gasteiger partial charge >= 0.3 is 10.4 Å². The van der Waals surface area contributed by atoms with Crippen molar-refractivity contribution in [1.82, 2.24) is 0 Å². The number of carbonyl (C=O) groups is 1. The fourth-order valence-corrected chi connectivity index (χ4v) is 3.48. The summed E-state index contributed by atoms with van der Waals surface area (Å²) in [5.74, 6) is 0.596. The van der Waals surface area contributed by atoms with Crippen molar-refractivity contribution in [3.63, 3.8) is 0 Å². The van der Waals surface area contributed by atoms with E-state index in [1.807, 2.05) is 13.8 Å². The van der Waals surface area contributed by atoms with Gasteiger partial charge in [-0.3, -0.25) is 9.35 Å². The summed E-state index contributed by atoms with van der Waals surface area (Å²) in [5.41, 5.74) is 0. The Morgan fingerprint density at radius 3 is 1.37 bits per heavy atom. The van der Waals surface area contributed by atoms with Gasteiger partial charge in [0.1, 0.15) is 5.78 Å². The fraction of sp³-hybridized carbons (Fsp3) is 0.952. The smallest absolute Gasteiger partial charge is 0.299 e. The van der Waals surface area contributed by atoms with Crippen LogP contribution >= 0.6 is 0 Å². The Balaban J connectivity index is 3.12. The molecule has 0 aromatic rings. The van der Waals surface area contributed by atoms with E-state index in [9.17, 15) is 13.2 Å². The van der Waals surface area contributed by atoms with E-state index in [1.165, 1.54) is 70.6 Å². The molecule has 0 spiro atoms. The minimum atomic E-state index is -4.26. The second-order valence-electron chi connectivity index (χ2n) is 7.92. The Morgan fingerprint density at radius 2 is 1.04 bits per heavy atom. The van der Waals surface area contributed by atoms with E-state index in [-0.39, 0.29) is 12.5 Å². The third kappa shape index (κ3) is 21.7. The highest BCUT2D eigenvalue weighted by Crippen LogP contribution is 2.14. The van der Waals surface area contributed by atoms with Crippen molar-refractivity contribution in [2.75, 3.05) is 6.61 Å². The molecule has 0 heterocycles. The van der Waals surface area contributed by atoms with Crippen LogP contribution in [0.5, 0.6) is 0 Å². The van der Waals surface area contributed by atoms with Gasteiger partial charge in [0, 0.05) is 12.3 Å². The molecular weight excluding hydrogens is 364 g/mol. The summed E-state index contributed by atoms with van der Waals surface area (Å²) in [4.78, 5) is 11.5. The highest BCUT2D eigenvalue weighted by Gasteiger charge is 2.05. The molecule has 0 aromatic heterocycles. The van der Waals surface area contributed by atoms with Gasteiger partial charge in [-0.15, -0.1) is 0 Å². The average Bonchev–Trinajstić information content (AvgIpc) is 2.59. The van der Waals surface area contributed by atoms with Crippen LogP contribution in [0.1, 0.15) is 117 Å². The Morgan fingerprint density at radius 1 is 0.704 bits per heavy atom. The van der Waals surface area contributed by atoms with Crippen molar-refractivity contribution < 1.29 is 21.9 Å². The summed E-state index contributed by atoms with van der Waals surface area (Å²) in [7, 11) is -4.26. The number of hydrogen-bond acceptors (Lipinski definition) is 4. The largest absolute Gasteiger partial charge is 0.397 e. The fourth-order valence-electron chi connectivity index (χ4n) is 3.15. The summed E-state index contributed by atoms with van der Waals surface area (Å²) < 4.78 is 33.4. The molecule has 0 atom stereocenters. The molecule has 0 radical (unpaired) electrons. The monoisotopic (exact) mass is 406 g/mol. The van der Waals surface area contributed by atoms with Crippen molar-refractivity contribution in [3.05, 3.63) is 0 Å². The van der Waals surface area contributed by atoms with Crippen molar-refractivity contribution >= 4 is 16.2 Å². The van der Waals surface area contributed by atoms with Crippen LogP contribution in [0.25, 0.3) is 0 Å². The van der Waals surface area contributed by atoms with E-state index in [0.717, 1.165) is 25.7 Å². The van der Waals surface area contributed by atoms with Crippen LogP contribution in [-0.2, 0) is 19.4 Å². The lowest BCUT2D eigenvalue weighted by Crippen LogP contribution is -2.05. The van der Waals surface area contributed by atoms with Crippen molar-refractivity contribution in [1.29, 1.82) is 0 Å². The molecule has 5 nitrogen and oxygen atoms in total. The summed E-state index contributed by atoms with van der Waals surface area (Å²) in [6.07, 6.45) is 18.6. The predicted molar refractivity (Wildman–Crippen MR) is 111 cm³/mol. The van der Waals surface area contributed by atoms with Crippen molar-refractivity contribution in [2.45, 2.75) is 117 Å². The van der Waals surface area contributed by atoms with Crippen molar-refractivity contribution in [3.8, 4) is 0 Å². The molecule has 6 heteroatoms. The number of ketones is 1. The molecule has 0 unspecified atom stereocenters. The lowest BCUT2D eigenvalue weighted by atomic mass is 10.0. The highest BCUT2D eigenvalue weighted by atomic mass is 32.3. The van der Waals surface area contributed by atoms with Crippen LogP contribution in [0.3, 0.4) is 0 Å². The summed E-state index contributed by atoms with van der Waals surface area (Å²) >= 11 is 0. The maximum atomic E-state index is 11.5. The first-order chi connectivity index (χ1) is 12.8. The first kappa shape index (κ1) is 26.5. The van der Waals surface area contributed by atoms with E-state index >= 15 is 0 Å². The lowest BCUT2D eigenvalue weighted by molar-refractivity contribution is -0.122. The second-order valence-corrected chi connectivity index (χ2v) is 9.02. The highest BCUT2D eigenvalue weighted by molar-refractivity contribution is 7.80. The molecule has 0 saturated carbocycles. The first-order valence-corrected chi connectivity index (χ1v) is 12.3. The molecule has 0 aliphatic carbocycles. The second kappa shape index (κ2) is 17.6. The molecule has 0 amide bonds. The molecular formula is C21H42O5S. The number of carbonyl (C=O) groups excluding carboxylic acids is 1. The van der Waals surface area contributed by atoms with Gasteiger partial charge in [0.05, 0.1) is 6.61 Å². The van der Waals surface area contributed by atoms with Crippen LogP contribution in [0.4, 0.5) is 0 Å². The molecule has 0 bridgehead atoms. The third-order valence-corrected chi connectivity index (χ3v) is 5.41. The third-order valence-electron chi connectivity index (χ3n) is 4.94. The molecule has 0 aromatic carbocycles. The van der Waals surface area contributed by atoms with Gasteiger partial charge in [0.15, 0.2) is 0 Å². The van der Waals surface area contributed by atoms with Gasteiger partial charge in [0.25, 0.3) is 0 Å². The number of Topliss-reactive ketones (excluding diaryl/α,β-unsaturated/α-hetero) is 1. The van der Waals surface area contributed by atoms with Gasteiger partial charge in [-0.05, 0) is 12.8 Å². The normalized spacial score (nSPS) is 12.0. The van der Waals surface area contributed by atoms with Crippen LogP contribution in [-0.4, -0.2) is 25.4 Å². The van der Waals surface area contributed by atoms with Crippen LogP contribution < -0.4 is 0 Å². The van der Waals surface area contributed by atoms with Crippen LogP contribution in [0.15, 0.2) is 0 Å². The molecule has 0 saturated heterocycles. The SMILES string of the molecule is CC(C)C(=O)CCCCCCCCCCCCCCCCCOS(=O)(=O)O. The molecule has 27 heavy (non-hydrogen) atoms. The Bertz CT molecular complexity index is 445. The van der Waals surface area contributed by atoms with Crippen LogP contribution in [0.2, 0.25) is 0 Å². The standard InChI is InChI=1S/C21H42O5S/c1-20(2)21(22)18-16-14-12-10-8-6-4-3-5-7-9-11-13-15-17-19-26-27(23,24)25/h20H,3-19H2,1-2H3,(H,23,24,25). The maximum absolute atomic E-state index is 11.5. The zero-order valence-electron chi connectivity index (χ0n) is 17.6. The van der Waals surface area contributed by atoms with E-state index in [4.69, 9.17) is 4.55 Å². The van der Waals surface area contributed by atoms with Gasteiger partial charge in [-0.1, -0.05) is 97.3 Å². The van der Waals surface area contributed by atoms with Crippen LogP contribution in [0, 0.1) is 5.92 Å². The topological polar surface area (TPSA) is 80.7 Å². The first-order valence-electron chi connectivity index (χ1n) is 11.0. The summed E-state index contributed by atoms with van der Waals surface area (Å²) in [6, 6.07) is 0. The van der Waals surface area contributed by atoms with Crippen molar-refractivity contribution in [2.24, 2.45) is 5.92 Å². The van der Waals surface area contributed by atoms with E-state index in [2.05, 4.69) is 4.18 Å². The Labute approximate surface area is 167 Å². The Hall–Kier alpha value is -0.460. The van der Waals surface area contributed by atoms with E-state index in [1.54, 1.807) is 0 Å². The zero-order chi connectivity index (χ0) is 20.4. The van der Waals surface area contributed by atoms with Gasteiger partial charge in [0.2, 0.25) is 0 Å². The van der Waals surface area contributed by atoms with Gasteiger partial charge in [-0.25, -0.2) is 4.18 Å². The van der Waals surface area contributed by atoms with E-state index < -0.39 is 10.4 Å². The maximum Gasteiger partial charge on any atom is 0.397 e. The average molecular weight is 407 g/mol. The van der Waals surface area contributed by atoms with Gasteiger partial charge < -0.3 is 0 Å². The minimum Gasteiger partial charge on any atom is -0.299 e. The molecule has 1 N–H and O–H groups in total. The van der Waals surface area contributed by atoms with Gasteiger partial charge in [-0.2, -0.15) is 8.42 Å². The number of unbranched alkanes of at least 4 members (excludes halogenated alkanes) is 14. The molecule has 162 valence electrons. The molecule has 0 fully saturated rings.